The predicted octanol–water partition coefficient (Wildman–Crippen LogP) is 11.2. The van der Waals surface area contributed by atoms with Crippen molar-refractivity contribution < 1.29 is 0 Å². The lowest BCUT2D eigenvalue weighted by atomic mass is 10.0. The fourth-order valence-electron chi connectivity index (χ4n) is 7.12. The van der Waals surface area contributed by atoms with Crippen LogP contribution in [-0.4, -0.2) is 13.4 Å². The number of rotatable bonds is 3. The number of aryl methyl sites for hydroxylation is 1. The number of thiophene rings is 1. The molecule has 6 aromatic carbocycles. The summed E-state index contributed by atoms with van der Waals surface area (Å²) in [4.78, 5) is 0. The maximum Gasteiger partial charge on any atom is 0.0655 e. The van der Waals surface area contributed by atoms with Crippen molar-refractivity contribution in [2.75, 3.05) is 0 Å². The van der Waals surface area contributed by atoms with Crippen molar-refractivity contribution in [2.45, 2.75) is 20.0 Å². The minimum Gasteiger partial charge on any atom is -0.309 e. The van der Waals surface area contributed by atoms with Gasteiger partial charge in [0.15, 0.2) is 0 Å². The Labute approximate surface area is 259 Å². The van der Waals surface area contributed by atoms with Crippen LogP contribution in [0.3, 0.4) is 0 Å². The Morgan fingerprint density at radius 2 is 1.19 bits per heavy atom. The third-order valence-electron chi connectivity index (χ3n) is 9.12. The molecular formula is C39H29NS2Si. The van der Waals surface area contributed by atoms with E-state index in [4.69, 9.17) is 0 Å². The minimum absolute atomic E-state index is 1.10. The van der Waals surface area contributed by atoms with E-state index in [1.165, 1.54) is 84.5 Å². The number of aromatic nitrogens is 1. The highest BCUT2D eigenvalue weighted by atomic mass is 32.1. The lowest BCUT2D eigenvalue weighted by Crippen LogP contribution is -2.23. The molecule has 3 aromatic heterocycles. The van der Waals surface area contributed by atoms with Gasteiger partial charge in [-0.25, -0.2) is 0 Å². The topological polar surface area (TPSA) is 4.93 Å². The van der Waals surface area contributed by atoms with E-state index in [9.17, 15) is 0 Å². The van der Waals surface area contributed by atoms with Crippen molar-refractivity contribution in [3.8, 4) is 16.8 Å². The van der Waals surface area contributed by atoms with Crippen LogP contribution in [0, 0.1) is 6.92 Å². The van der Waals surface area contributed by atoms with Gasteiger partial charge in [0.1, 0.15) is 0 Å². The molecule has 0 aliphatic carbocycles. The van der Waals surface area contributed by atoms with Gasteiger partial charge in [-0.05, 0) is 77.5 Å². The molecule has 206 valence electrons. The summed E-state index contributed by atoms with van der Waals surface area (Å²) in [6, 6.07) is 43.3. The molecular weight excluding hydrogens is 575 g/mol. The minimum atomic E-state index is -1.10. The summed E-state index contributed by atoms with van der Waals surface area (Å²) in [6.45, 7) is 7.20. The molecule has 1 nitrogen and oxygen atoms in total. The summed E-state index contributed by atoms with van der Waals surface area (Å²) < 4.78 is 7.91. The average Bonchev–Trinajstić information content (AvgIpc) is 3.51. The Bertz CT molecular complexity index is 2540. The molecule has 0 aliphatic heterocycles. The molecule has 4 heteroatoms. The summed E-state index contributed by atoms with van der Waals surface area (Å²) in [5.41, 5.74) is 7.67. The van der Waals surface area contributed by atoms with E-state index < -0.39 is 8.80 Å². The van der Waals surface area contributed by atoms with Gasteiger partial charge in [0.25, 0.3) is 0 Å². The Morgan fingerprint density at radius 3 is 2.02 bits per heavy atom. The van der Waals surface area contributed by atoms with Gasteiger partial charge in [0.2, 0.25) is 0 Å². The summed E-state index contributed by atoms with van der Waals surface area (Å²) >= 11 is 3.81. The zero-order chi connectivity index (χ0) is 28.8. The van der Waals surface area contributed by atoms with E-state index in [2.05, 4.69) is 140 Å². The van der Waals surface area contributed by atoms with Gasteiger partial charge < -0.3 is 4.57 Å². The Balaban J connectivity index is 1.29. The first-order valence-corrected chi connectivity index (χ1v) is 19.5. The Kier molecular flexibility index (Phi) is 5.52. The van der Waals surface area contributed by atoms with Crippen LogP contribution in [0.5, 0.6) is 0 Å². The summed E-state index contributed by atoms with van der Waals surface area (Å²) in [6.07, 6.45) is 0. The molecule has 9 aromatic rings. The second-order valence-corrected chi connectivity index (χ2v) is 17.1. The van der Waals surface area contributed by atoms with Crippen LogP contribution in [0.4, 0.5) is 0 Å². The third-order valence-corrected chi connectivity index (χ3v) is 13.1. The van der Waals surface area contributed by atoms with Gasteiger partial charge in [0.05, 0.1) is 19.8 Å². The first kappa shape index (κ1) is 25.3. The van der Waals surface area contributed by atoms with Crippen LogP contribution >= 0.6 is 22.7 Å². The van der Waals surface area contributed by atoms with E-state index in [0.717, 1.165) is 0 Å². The monoisotopic (exact) mass is 603 g/mol. The van der Waals surface area contributed by atoms with E-state index in [1.54, 1.807) is 5.19 Å². The van der Waals surface area contributed by atoms with Crippen LogP contribution in [0.2, 0.25) is 13.1 Å². The van der Waals surface area contributed by atoms with Gasteiger partial charge in [-0.2, -0.15) is 0 Å². The van der Waals surface area contributed by atoms with Gasteiger partial charge >= 0.3 is 0 Å². The Morgan fingerprint density at radius 1 is 0.512 bits per heavy atom. The second-order valence-electron chi connectivity index (χ2n) is 12.0. The maximum absolute atomic E-state index is 2.49. The molecule has 0 unspecified atom stereocenters. The quantitative estimate of drug-likeness (QED) is 0.177. The standard InChI is InChI=1S/C39H29NS2Si/c1-23-8-6-12-32-36(23)39-35(43(2)3)21-20-30-38(39)37-29(10-7-13-33(37)42-32)40(30)26-17-14-24(15-18-26)25-16-19-28-27-9-4-5-11-31(27)41-34(28)22-25/h4-22,43H,1-3H3. The molecule has 0 radical (unpaired) electrons. The second kappa shape index (κ2) is 9.39. The predicted molar refractivity (Wildman–Crippen MR) is 195 cm³/mol. The average molecular weight is 604 g/mol. The molecule has 0 aliphatic rings. The van der Waals surface area contributed by atoms with Crippen molar-refractivity contribution in [3.05, 3.63) is 121 Å². The highest BCUT2D eigenvalue weighted by molar-refractivity contribution is 7.26. The molecule has 9 rings (SSSR count). The van der Waals surface area contributed by atoms with Gasteiger partial charge in [-0.3, -0.25) is 0 Å². The van der Waals surface area contributed by atoms with Gasteiger partial charge in [-0.15, -0.1) is 22.7 Å². The number of hydrogen-bond acceptors (Lipinski definition) is 2. The smallest absolute Gasteiger partial charge is 0.0655 e. The molecule has 0 atom stereocenters. The summed E-state index contributed by atoms with van der Waals surface area (Å²) in [5, 5.41) is 9.97. The van der Waals surface area contributed by atoms with Crippen LogP contribution in [-0.2, 0) is 0 Å². The Hall–Kier alpha value is -4.22. The third kappa shape index (κ3) is 3.67. The van der Waals surface area contributed by atoms with E-state index >= 15 is 0 Å². The molecule has 0 amide bonds. The van der Waals surface area contributed by atoms with Crippen molar-refractivity contribution in [1.29, 1.82) is 0 Å². The van der Waals surface area contributed by atoms with Gasteiger partial charge in [0, 0.05) is 51.4 Å². The van der Waals surface area contributed by atoms with Crippen LogP contribution in [0.15, 0.2) is 115 Å². The number of nitrogens with zero attached hydrogens (tertiary/aromatic N) is 1. The molecule has 0 spiro atoms. The molecule has 0 saturated heterocycles. The molecule has 0 saturated carbocycles. The van der Waals surface area contributed by atoms with E-state index in [1.807, 2.05) is 22.7 Å². The lowest BCUT2D eigenvalue weighted by Gasteiger charge is -2.13. The first-order chi connectivity index (χ1) is 21.1. The van der Waals surface area contributed by atoms with Crippen molar-refractivity contribution in [3.63, 3.8) is 0 Å². The van der Waals surface area contributed by atoms with Crippen molar-refractivity contribution >= 4 is 98.8 Å². The zero-order valence-corrected chi connectivity index (χ0v) is 27.1. The van der Waals surface area contributed by atoms with Crippen molar-refractivity contribution in [2.24, 2.45) is 0 Å². The van der Waals surface area contributed by atoms with E-state index in [-0.39, 0.29) is 0 Å². The zero-order valence-electron chi connectivity index (χ0n) is 24.3. The van der Waals surface area contributed by atoms with Gasteiger partial charge in [-0.1, -0.05) is 85.0 Å². The highest BCUT2D eigenvalue weighted by Gasteiger charge is 2.21. The fourth-order valence-corrected chi connectivity index (χ4v) is 10.8. The molecule has 0 fully saturated rings. The van der Waals surface area contributed by atoms with Crippen LogP contribution in [0.1, 0.15) is 5.56 Å². The molecule has 43 heavy (non-hydrogen) atoms. The SMILES string of the molecule is Cc1cccc2sc3cccc4c3c3c(c([SiH](C)C)ccc3n4-c3ccc(-c4ccc5c(c4)sc4ccccc45)cc3)c12. The number of benzene rings is 6. The van der Waals surface area contributed by atoms with Crippen LogP contribution < -0.4 is 5.19 Å². The number of fused-ring (bicyclic) bond motifs is 5. The summed E-state index contributed by atoms with van der Waals surface area (Å²) in [7, 11) is -1.10. The fraction of sp³-hybridized carbons (Fsp3) is 0.0769. The van der Waals surface area contributed by atoms with Crippen LogP contribution in [0.25, 0.3) is 79.0 Å². The lowest BCUT2D eigenvalue weighted by molar-refractivity contribution is 1.18. The first-order valence-electron chi connectivity index (χ1n) is 15.0. The highest BCUT2D eigenvalue weighted by Crippen LogP contribution is 2.43. The molecule has 3 heterocycles. The van der Waals surface area contributed by atoms with Crippen molar-refractivity contribution in [1.82, 2.24) is 4.57 Å². The molecule has 0 N–H and O–H groups in total. The maximum atomic E-state index is 2.49. The van der Waals surface area contributed by atoms with E-state index in [0.29, 0.717) is 0 Å². The summed E-state index contributed by atoms with van der Waals surface area (Å²) in [5.74, 6) is 0. The number of hydrogen-bond donors (Lipinski definition) is 0. The molecule has 0 bridgehead atoms. The largest absolute Gasteiger partial charge is 0.309 e. The normalized spacial score (nSPS) is 12.3.